The van der Waals surface area contributed by atoms with E-state index in [2.05, 4.69) is 15.6 Å². The van der Waals surface area contributed by atoms with Crippen molar-refractivity contribution in [2.75, 3.05) is 6.54 Å². The molecule has 9 heteroatoms. The molecule has 0 saturated carbocycles. The van der Waals surface area contributed by atoms with Gasteiger partial charge in [0.15, 0.2) is 0 Å². The van der Waals surface area contributed by atoms with Crippen molar-refractivity contribution in [3.05, 3.63) is 103 Å². The van der Waals surface area contributed by atoms with E-state index in [1.54, 1.807) is 24.7 Å². The van der Waals surface area contributed by atoms with Crippen LogP contribution in [0.15, 0.2) is 91.5 Å². The van der Waals surface area contributed by atoms with E-state index in [1.807, 2.05) is 92.2 Å². The van der Waals surface area contributed by atoms with Crippen LogP contribution in [0, 0.1) is 0 Å². The van der Waals surface area contributed by atoms with Gasteiger partial charge in [-0.25, -0.2) is 19.7 Å². The Labute approximate surface area is 245 Å². The average Bonchev–Trinajstić information content (AvgIpc) is 3.51. The Morgan fingerprint density at radius 3 is 2.38 bits per heavy atom. The van der Waals surface area contributed by atoms with E-state index in [0.29, 0.717) is 41.1 Å². The highest BCUT2D eigenvalue weighted by atomic mass is 16.6. The first-order valence-electron chi connectivity index (χ1n) is 13.9. The highest BCUT2D eigenvalue weighted by molar-refractivity contribution is 5.98. The zero-order valence-corrected chi connectivity index (χ0v) is 24.0. The van der Waals surface area contributed by atoms with Crippen molar-refractivity contribution in [1.82, 2.24) is 30.2 Å². The molecular weight excluding hydrogens is 528 g/mol. The quantitative estimate of drug-likeness (QED) is 0.213. The van der Waals surface area contributed by atoms with Crippen molar-refractivity contribution in [2.24, 2.45) is 0 Å². The molecule has 2 aromatic heterocycles. The van der Waals surface area contributed by atoms with Crippen LogP contribution in [0.5, 0.6) is 0 Å². The average molecular weight is 563 g/mol. The lowest BCUT2D eigenvalue weighted by Crippen LogP contribution is -2.32. The Morgan fingerprint density at radius 1 is 0.857 bits per heavy atom. The number of amides is 2. The molecule has 0 fully saturated rings. The molecule has 214 valence electrons. The van der Waals surface area contributed by atoms with Crippen molar-refractivity contribution in [2.45, 2.75) is 45.9 Å². The first kappa shape index (κ1) is 28.5. The van der Waals surface area contributed by atoms with E-state index >= 15 is 0 Å². The number of rotatable bonds is 9. The molecule has 3 aromatic carbocycles. The van der Waals surface area contributed by atoms with Gasteiger partial charge in [-0.15, -0.1) is 0 Å². The Morgan fingerprint density at radius 2 is 1.62 bits per heavy atom. The maximum atomic E-state index is 12.9. The first-order chi connectivity index (χ1) is 20.2. The molecule has 5 aromatic rings. The third-order valence-corrected chi connectivity index (χ3v) is 6.45. The third-order valence-electron chi connectivity index (χ3n) is 6.45. The Hall–Kier alpha value is -5.05. The third kappa shape index (κ3) is 7.37. The van der Waals surface area contributed by atoms with Gasteiger partial charge in [-0.3, -0.25) is 4.79 Å². The number of fused-ring (bicyclic) bond motifs is 1. The molecule has 0 aliphatic rings. The molecule has 0 bridgehead atoms. The van der Waals surface area contributed by atoms with Crippen molar-refractivity contribution < 1.29 is 14.3 Å². The molecule has 0 saturated heterocycles. The molecule has 5 rings (SSSR count). The summed E-state index contributed by atoms with van der Waals surface area (Å²) in [6.45, 7) is 7.13. The van der Waals surface area contributed by atoms with Gasteiger partial charge in [-0.05, 0) is 57.0 Å². The second-order valence-electron chi connectivity index (χ2n) is 11.0. The molecule has 0 unspecified atom stereocenters. The van der Waals surface area contributed by atoms with Gasteiger partial charge in [0.1, 0.15) is 5.60 Å². The predicted octanol–water partition coefficient (Wildman–Crippen LogP) is 6.01. The fourth-order valence-corrected chi connectivity index (χ4v) is 4.50. The van der Waals surface area contributed by atoms with E-state index in [1.165, 1.54) is 0 Å². The summed E-state index contributed by atoms with van der Waals surface area (Å²) in [5.41, 5.74) is 5.37. The highest BCUT2D eigenvalue weighted by Gasteiger charge is 2.17. The zero-order chi connectivity index (χ0) is 29.5. The number of carbonyl (C=O) groups is 2. The van der Waals surface area contributed by atoms with Gasteiger partial charge in [0, 0.05) is 48.7 Å². The maximum absolute atomic E-state index is 12.9. The van der Waals surface area contributed by atoms with E-state index < -0.39 is 11.7 Å². The number of imidazole rings is 1. The second-order valence-corrected chi connectivity index (χ2v) is 11.0. The number of aryl methyl sites for hydroxylation is 1. The van der Waals surface area contributed by atoms with E-state index in [-0.39, 0.29) is 5.91 Å². The molecule has 0 aliphatic carbocycles. The Balaban J connectivity index is 1.40. The van der Waals surface area contributed by atoms with Gasteiger partial charge in [0.25, 0.3) is 5.91 Å². The van der Waals surface area contributed by atoms with Crippen LogP contribution < -0.4 is 10.6 Å². The summed E-state index contributed by atoms with van der Waals surface area (Å²) in [6.07, 6.45) is 5.73. The summed E-state index contributed by atoms with van der Waals surface area (Å²) in [5, 5.41) is 5.80. The predicted molar refractivity (Wildman–Crippen MR) is 163 cm³/mol. The summed E-state index contributed by atoms with van der Waals surface area (Å²) in [5.74, 6) is -0.153. The topological polar surface area (TPSA) is 111 Å². The summed E-state index contributed by atoms with van der Waals surface area (Å²) < 4.78 is 7.34. The number of nitrogens with one attached hydrogen (secondary N) is 2. The lowest BCUT2D eigenvalue weighted by Gasteiger charge is -2.19. The smallest absolute Gasteiger partial charge is 0.407 e. The monoisotopic (exact) mass is 562 g/mol. The largest absolute Gasteiger partial charge is 0.444 e. The van der Waals surface area contributed by atoms with Gasteiger partial charge in [0.2, 0.25) is 0 Å². The minimum atomic E-state index is -0.571. The SMILES string of the molecule is CC(C)(C)OC(=O)NCc1cccc(-c2nc3ccc(C(=O)NCCCn4ccnc4)cc3nc2-c2ccccc2)c1. The number of nitrogens with zero attached hydrogens (tertiary/aromatic N) is 4. The van der Waals surface area contributed by atoms with Crippen LogP contribution in [0.2, 0.25) is 0 Å². The zero-order valence-electron chi connectivity index (χ0n) is 24.0. The van der Waals surface area contributed by atoms with Crippen molar-refractivity contribution >= 4 is 23.0 Å². The molecule has 2 N–H and O–H groups in total. The lowest BCUT2D eigenvalue weighted by atomic mass is 10.0. The molecule has 0 aliphatic heterocycles. The molecule has 9 nitrogen and oxygen atoms in total. The van der Waals surface area contributed by atoms with Crippen molar-refractivity contribution in [3.8, 4) is 22.5 Å². The van der Waals surface area contributed by atoms with Crippen molar-refractivity contribution in [3.63, 3.8) is 0 Å². The molecule has 2 amide bonds. The van der Waals surface area contributed by atoms with Crippen LogP contribution in [0.25, 0.3) is 33.5 Å². The van der Waals surface area contributed by atoms with Crippen LogP contribution in [0.1, 0.15) is 43.1 Å². The normalized spacial score (nSPS) is 11.3. The molecule has 0 spiro atoms. The van der Waals surface area contributed by atoms with Crippen LogP contribution >= 0.6 is 0 Å². The van der Waals surface area contributed by atoms with E-state index in [0.717, 1.165) is 29.7 Å². The lowest BCUT2D eigenvalue weighted by molar-refractivity contribution is 0.0523. The van der Waals surface area contributed by atoms with Gasteiger partial charge in [-0.2, -0.15) is 0 Å². The van der Waals surface area contributed by atoms with Gasteiger partial charge < -0.3 is 19.9 Å². The number of hydrogen-bond donors (Lipinski definition) is 2. The van der Waals surface area contributed by atoms with E-state index in [4.69, 9.17) is 14.7 Å². The summed E-state index contributed by atoms with van der Waals surface area (Å²) in [7, 11) is 0. The number of ether oxygens (including phenoxy) is 1. The number of carbonyl (C=O) groups excluding carboxylic acids is 2. The standard InChI is InChI=1S/C33H34N6O3/c1-33(2,3)42-32(41)36-21-23-9-7-12-25(19-23)30-29(24-10-5-4-6-11-24)38-28-20-26(13-14-27(28)37-30)31(40)35-15-8-17-39-18-16-34-22-39/h4-7,9-14,16,18-20,22H,8,15,17,21H2,1-3H3,(H,35,40)(H,36,41). The number of hydrogen-bond acceptors (Lipinski definition) is 6. The number of alkyl carbamates (subject to hydrolysis) is 1. The molecule has 0 atom stereocenters. The van der Waals surface area contributed by atoms with Gasteiger partial charge in [-0.1, -0.05) is 48.5 Å². The second kappa shape index (κ2) is 12.6. The van der Waals surface area contributed by atoms with Crippen LogP contribution in [-0.4, -0.2) is 43.7 Å². The van der Waals surface area contributed by atoms with Crippen molar-refractivity contribution in [1.29, 1.82) is 0 Å². The highest BCUT2D eigenvalue weighted by Crippen LogP contribution is 2.31. The summed E-state index contributed by atoms with van der Waals surface area (Å²) >= 11 is 0. The molecule has 0 radical (unpaired) electrons. The van der Waals surface area contributed by atoms with E-state index in [9.17, 15) is 9.59 Å². The van der Waals surface area contributed by atoms with Crippen LogP contribution in [0.3, 0.4) is 0 Å². The van der Waals surface area contributed by atoms with Crippen LogP contribution in [-0.2, 0) is 17.8 Å². The minimum absolute atomic E-state index is 0.153. The van der Waals surface area contributed by atoms with Crippen LogP contribution in [0.4, 0.5) is 4.79 Å². The minimum Gasteiger partial charge on any atom is -0.444 e. The summed E-state index contributed by atoms with van der Waals surface area (Å²) in [6, 6.07) is 23.1. The molecular formula is C33H34N6O3. The maximum Gasteiger partial charge on any atom is 0.407 e. The molecule has 2 heterocycles. The summed E-state index contributed by atoms with van der Waals surface area (Å²) in [4.78, 5) is 39.1. The number of aromatic nitrogens is 4. The number of benzene rings is 3. The fraction of sp³-hybridized carbons (Fsp3) is 0.242. The molecule has 42 heavy (non-hydrogen) atoms. The Kier molecular flexibility index (Phi) is 8.57. The fourth-order valence-electron chi connectivity index (χ4n) is 4.50. The first-order valence-corrected chi connectivity index (χ1v) is 13.9. The van der Waals surface area contributed by atoms with Gasteiger partial charge >= 0.3 is 6.09 Å². The van der Waals surface area contributed by atoms with Gasteiger partial charge in [0.05, 0.1) is 28.7 Å². The Bertz CT molecular complexity index is 1680.